The average molecular weight is 353 g/mol. The Morgan fingerprint density at radius 1 is 0.778 bits per heavy atom. The second-order valence-corrected chi connectivity index (χ2v) is 7.56. The minimum Gasteiger partial charge on any atom is -0.236 e. The van der Waals surface area contributed by atoms with Gasteiger partial charge in [0, 0.05) is 23.5 Å². The van der Waals surface area contributed by atoms with Crippen LogP contribution >= 0.6 is 0 Å². The fourth-order valence-electron chi connectivity index (χ4n) is 3.86. The normalized spacial score (nSPS) is 19.4. The molecule has 0 unspecified atom stereocenters. The standard InChI is InChI=1S/C24H23N3/c1-17-2-6-19(7-3-17)20-10-12-21(13-11-20)23-15-26-24(27-16-23)22-8-4-18(14-25)5-9-22/h4-5,8-13,15-17,19H,2-3,6-7H2,1H3. The second-order valence-electron chi connectivity index (χ2n) is 7.56. The van der Waals surface area contributed by atoms with E-state index in [-0.39, 0.29) is 0 Å². The molecule has 2 aromatic carbocycles. The predicted octanol–water partition coefficient (Wildman–Crippen LogP) is 5.98. The molecule has 1 aliphatic rings. The van der Waals surface area contributed by atoms with E-state index in [4.69, 9.17) is 5.26 Å². The van der Waals surface area contributed by atoms with E-state index in [1.54, 1.807) is 12.1 Å². The molecule has 3 nitrogen and oxygen atoms in total. The van der Waals surface area contributed by atoms with Gasteiger partial charge in [0.15, 0.2) is 5.82 Å². The highest BCUT2D eigenvalue weighted by molar-refractivity contribution is 5.64. The summed E-state index contributed by atoms with van der Waals surface area (Å²) in [5.74, 6) is 2.27. The molecular weight excluding hydrogens is 330 g/mol. The van der Waals surface area contributed by atoms with Crippen molar-refractivity contribution >= 4 is 0 Å². The van der Waals surface area contributed by atoms with Gasteiger partial charge in [0.05, 0.1) is 11.6 Å². The van der Waals surface area contributed by atoms with Gasteiger partial charge in [-0.05, 0) is 60.1 Å². The summed E-state index contributed by atoms with van der Waals surface area (Å²) < 4.78 is 0. The summed E-state index contributed by atoms with van der Waals surface area (Å²) >= 11 is 0. The third kappa shape index (κ3) is 3.90. The van der Waals surface area contributed by atoms with Crippen molar-refractivity contribution in [3.63, 3.8) is 0 Å². The molecule has 134 valence electrons. The maximum atomic E-state index is 8.89. The topological polar surface area (TPSA) is 49.6 Å². The molecule has 0 amide bonds. The first-order chi connectivity index (χ1) is 13.2. The highest BCUT2D eigenvalue weighted by Gasteiger charge is 2.19. The second kappa shape index (κ2) is 7.72. The van der Waals surface area contributed by atoms with Crippen LogP contribution in [0.4, 0.5) is 0 Å². The molecule has 4 rings (SSSR count). The van der Waals surface area contributed by atoms with Gasteiger partial charge in [-0.1, -0.05) is 44.0 Å². The van der Waals surface area contributed by atoms with Crippen LogP contribution in [0.3, 0.4) is 0 Å². The zero-order valence-corrected chi connectivity index (χ0v) is 15.6. The van der Waals surface area contributed by atoms with Crippen molar-refractivity contribution in [1.29, 1.82) is 5.26 Å². The quantitative estimate of drug-likeness (QED) is 0.582. The molecule has 3 heteroatoms. The number of hydrogen-bond acceptors (Lipinski definition) is 3. The fraction of sp³-hybridized carbons (Fsp3) is 0.292. The van der Waals surface area contributed by atoms with Crippen LogP contribution in [0.5, 0.6) is 0 Å². The lowest BCUT2D eigenvalue weighted by molar-refractivity contribution is 0.348. The summed E-state index contributed by atoms with van der Waals surface area (Å²) in [6.45, 7) is 2.36. The molecule has 1 fully saturated rings. The van der Waals surface area contributed by atoms with Crippen LogP contribution in [0.1, 0.15) is 49.7 Å². The minimum atomic E-state index is 0.642. The maximum absolute atomic E-state index is 8.89. The van der Waals surface area contributed by atoms with E-state index >= 15 is 0 Å². The first-order valence-corrected chi connectivity index (χ1v) is 9.66. The van der Waals surface area contributed by atoms with Crippen LogP contribution < -0.4 is 0 Å². The smallest absolute Gasteiger partial charge is 0.159 e. The Morgan fingerprint density at radius 2 is 1.37 bits per heavy atom. The van der Waals surface area contributed by atoms with Crippen LogP contribution in [-0.2, 0) is 0 Å². The first kappa shape index (κ1) is 17.4. The van der Waals surface area contributed by atoms with E-state index in [0.29, 0.717) is 17.3 Å². The summed E-state index contributed by atoms with van der Waals surface area (Å²) in [6, 6.07) is 18.4. The van der Waals surface area contributed by atoms with Crippen LogP contribution in [0.25, 0.3) is 22.5 Å². The predicted molar refractivity (Wildman–Crippen MR) is 108 cm³/mol. The third-order valence-corrected chi connectivity index (χ3v) is 5.66. The Bertz CT molecular complexity index is 927. The fourth-order valence-corrected chi connectivity index (χ4v) is 3.86. The monoisotopic (exact) mass is 353 g/mol. The van der Waals surface area contributed by atoms with Crippen LogP contribution in [-0.4, -0.2) is 9.97 Å². The zero-order chi connectivity index (χ0) is 18.6. The maximum Gasteiger partial charge on any atom is 0.159 e. The molecular formula is C24H23N3. The number of nitriles is 1. The van der Waals surface area contributed by atoms with Gasteiger partial charge in [-0.25, -0.2) is 9.97 Å². The Morgan fingerprint density at radius 3 is 1.96 bits per heavy atom. The number of hydrogen-bond donors (Lipinski definition) is 0. The number of aromatic nitrogens is 2. The van der Waals surface area contributed by atoms with E-state index in [1.807, 2.05) is 24.5 Å². The van der Waals surface area contributed by atoms with Crippen LogP contribution in [0, 0.1) is 17.2 Å². The van der Waals surface area contributed by atoms with Gasteiger partial charge in [-0.15, -0.1) is 0 Å². The van der Waals surface area contributed by atoms with Crippen molar-refractivity contribution in [1.82, 2.24) is 9.97 Å². The van der Waals surface area contributed by atoms with Gasteiger partial charge in [-0.3, -0.25) is 0 Å². The highest BCUT2D eigenvalue weighted by atomic mass is 14.9. The van der Waals surface area contributed by atoms with E-state index in [9.17, 15) is 0 Å². The van der Waals surface area contributed by atoms with Crippen molar-refractivity contribution in [3.8, 4) is 28.6 Å². The Labute approximate surface area is 160 Å². The van der Waals surface area contributed by atoms with E-state index in [1.165, 1.54) is 31.2 Å². The first-order valence-electron chi connectivity index (χ1n) is 9.66. The Kier molecular flexibility index (Phi) is 4.98. The van der Waals surface area contributed by atoms with Gasteiger partial charge in [0.2, 0.25) is 0 Å². The molecule has 1 saturated carbocycles. The number of rotatable bonds is 3. The Hall–Kier alpha value is -2.99. The van der Waals surface area contributed by atoms with E-state index in [0.717, 1.165) is 22.6 Å². The summed E-state index contributed by atoms with van der Waals surface area (Å²) in [4.78, 5) is 9.01. The van der Waals surface area contributed by atoms with Gasteiger partial charge in [-0.2, -0.15) is 5.26 Å². The molecule has 0 saturated heterocycles. The molecule has 0 aliphatic heterocycles. The molecule has 1 aromatic heterocycles. The Balaban J connectivity index is 1.49. The summed E-state index contributed by atoms with van der Waals surface area (Å²) in [5.41, 5.74) is 5.19. The minimum absolute atomic E-state index is 0.642. The average Bonchev–Trinajstić information content (AvgIpc) is 2.75. The van der Waals surface area contributed by atoms with Crippen LogP contribution in [0.15, 0.2) is 60.9 Å². The molecule has 0 spiro atoms. The molecule has 3 aromatic rings. The summed E-state index contributed by atoms with van der Waals surface area (Å²) in [5, 5.41) is 8.89. The van der Waals surface area contributed by atoms with E-state index < -0.39 is 0 Å². The molecule has 0 bridgehead atoms. The van der Waals surface area contributed by atoms with Gasteiger partial charge < -0.3 is 0 Å². The van der Waals surface area contributed by atoms with Crippen molar-refractivity contribution in [2.45, 2.75) is 38.5 Å². The largest absolute Gasteiger partial charge is 0.236 e. The van der Waals surface area contributed by atoms with Crippen LogP contribution in [0.2, 0.25) is 0 Å². The lowest BCUT2D eigenvalue weighted by Crippen LogP contribution is -2.10. The summed E-state index contributed by atoms with van der Waals surface area (Å²) in [7, 11) is 0. The lowest BCUT2D eigenvalue weighted by atomic mass is 9.79. The van der Waals surface area contributed by atoms with Crippen molar-refractivity contribution in [2.24, 2.45) is 5.92 Å². The molecule has 0 atom stereocenters. The molecule has 0 radical (unpaired) electrons. The third-order valence-electron chi connectivity index (χ3n) is 5.66. The van der Waals surface area contributed by atoms with Gasteiger partial charge in [0.1, 0.15) is 0 Å². The lowest BCUT2D eigenvalue weighted by Gasteiger charge is -2.26. The molecule has 27 heavy (non-hydrogen) atoms. The van der Waals surface area contributed by atoms with Crippen molar-refractivity contribution in [2.75, 3.05) is 0 Å². The van der Waals surface area contributed by atoms with Gasteiger partial charge in [0.25, 0.3) is 0 Å². The number of nitrogens with zero attached hydrogens (tertiary/aromatic N) is 3. The summed E-state index contributed by atoms with van der Waals surface area (Å²) in [6.07, 6.45) is 9.05. The number of benzene rings is 2. The van der Waals surface area contributed by atoms with Gasteiger partial charge >= 0.3 is 0 Å². The zero-order valence-electron chi connectivity index (χ0n) is 15.6. The molecule has 1 aliphatic carbocycles. The van der Waals surface area contributed by atoms with Crippen molar-refractivity contribution < 1.29 is 0 Å². The molecule has 0 N–H and O–H groups in total. The van der Waals surface area contributed by atoms with Crippen molar-refractivity contribution in [3.05, 3.63) is 72.1 Å². The highest BCUT2D eigenvalue weighted by Crippen LogP contribution is 2.36. The molecule has 1 heterocycles. The van der Waals surface area contributed by atoms with E-state index in [2.05, 4.69) is 47.2 Å². The SMILES string of the molecule is CC1CCC(c2ccc(-c3cnc(-c4ccc(C#N)cc4)nc3)cc2)CC1.